The molecule has 0 radical (unpaired) electrons. The third kappa shape index (κ3) is 6.18. The minimum atomic E-state index is -0.0591. The van der Waals surface area contributed by atoms with Crippen LogP contribution in [0.1, 0.15) is 131 Å². The standard InChI is InChI=1S/C32H55N3O2/c1-22(2)9-8-10-23(3)27-14-15-28-26-13-12-24-21-25(37-30(36)11-6-7-20-34-35-33)16-18-31(24,4)29(26)17-19-32(27,28)5/h22-29H,6-21H2,1-5H3. The van der Waals surface area contributed by atoms with E-state index in [-0.39, 0.29) is 12.1 Å². The van der Waals surface area contributed by atoms with Gasteiger partial charge in [-0.1, -0.05) is 59.0 Å². The van der Waals surface area contributed by atoms with Crippen LogP contribution in [0.15, 0.2) is 5.11 Å². The van der Waals surface area contributed by atoms with Crippen molar-refractivity contribution in [3.63, 3.8) is 0 Å². The van der Waals surface area contributed by atoms with Gasteiger partial charge >= 0.3 is 5.97 Å². The zero-order valence-corrected chi connectivity index (χ0v) is 24.6. The number of azide groups is 1. The molecule has 9 unspecified atom stereocenters. The number of hydrogen-bond acceptors (Lipinski definition) is 3. The van der Waals surface area contributed by atoms with Crippen molar-refractivity contribution in [1.82, 2.24) is 0 Å². The number of fused-ring (bicyclic) bond motifs is 5. The van der Waals surface area contributed by atoms with Crippen LogP contribution in [0.3, 0.4) is 0 Å². The Morgan fingerprint density at radius 3 is 2.46 bits per heavy atom. The topological polar surface area (TPSA) is 75.1 Å². The summed E-state index contributed by atoms with van der Waals surface area (Å²) in [4.78, 5) is 15.2. The zero-order valence-electron chi connectivity index (χ0n) is 24.6. The molecule has 0 N–H and O–H groups in total. The van der Waals surface area contributed by atoms with Crippen molar-refractivity contribution in [2.75, 3.05) is 6.54 Å². The molecule has 0 aromatic carbocycles. The van der Waals surface area contributed by atoms with E-state index in [1.54, 1.807) is 0 Å². The van der Waals surface area contributed by atoms with Crippen LogP contribution < -0.4 is 0 Å². The Kier molecular flexibility index (Phi) is 9.58. The highest BCUT2D eigenvalue weighted by Gasteiger charge is 2.60. The lowest BCUT2D eigenvalue weighted by Gasteiger charge is -2.61. The Morgan fingerprint density at radius 1 is 0.946 bits per heavy atom. The summed E-state index contributed by atoms with van der Waals surface area (Å²) < 4.78 is 5.96. The lowest BCUT2D eigenvalue weighted by molar-refractivity contribution is -0.162. The first kappa shape index (κ1) is 28.8. The second-order valence-electron chi connectivity index (χ2n) is 14.5. The molecule has 0 aliphatic heterocycles. The molecule has 0 saturated heterocycles. The molecule has 0 heterocycles. The number of unbranched alkanes of at least 4 members (excludes halogenated alkanes) is 1. The summed E-state index contributed by atoms with van der Waals surface area (Å²) in [6.45, 7) is 13.1. The summed E-state index contributed by atoms with van der Waals surface area (Å²) >= 11 is 0. The first-order valence-corrected chi connectivity index (χ1v) is 15.9. The molecule has 4 rings (SSSR count). The summed E-state index contributed by atoms with van der Waals surface area (Å²) in [5.74, 6) is 6.01. The van der Waals surface area contributed by atoms with Crippen LogP contribution in [0, 0.1) is 52.3 Å². The van der Waals surface area contributed by atoms with Gasteiger partial charge in [0, 0.05) is 17.9 Å². The third-order valence-electron chi connectivity index (χ3n) is 12.1. The molecular weight excluding hydrogens is 458 g/mol. The van der Waals surface area contributed by atoms with E-state index >= 15 is 0 Å². The number of carbonyl (C=O) groups excluding carboxylic acids is 1. The molecule has 0 spiro atoms. The van der Waals surface area contributed by atoms with E-state index < -0.39 is 0 Å². The van der Waals surface area contributed by atoms with Crippen LogP contribution in [-0.4, -0.2) is 18.6 Å². The molecule has 210 valence electrons. The first-order valence-electron chi connectivity index (χ1n) is 15.9. The average Bonchev–Trinajstić information content (AvgIpc) is 3.21. The molecular formula is C32H55N3O2. The maximum Gasteiger partial charge on any atom is 0.306 e. The van der Waals surface area contributed by atoms with E-state index in [0.717, 1.165) is 61.2 Å². The highest BCUT2D eigenvalue weighted by atomic mass is 16.5. The third-order valence-corrected chi connectivity index (χ3v) is 12.1. The van der Waals surface area contributed by atoms with E-state index in [1.807, 2.05) is 0 Å². The smallest absolute Gasteiger partial charge is 0.306 e. The van der Waals surface area contributed by atoms with Crippen LogP contribution in [0.4, 0.5) is 0 Å². The van der Waals surface area contributed by atoms with E-state index in [2.05, 4.69) is 44.6 Å². The van der Waals surface area contributed by atoms with Crippen molar-refractivity contribution in [3.8, 4) is 0 Å². The van der Waals surface area contributed by atoms with Crippen LogP contribution in [0.5, 0.6) is 0 Å². The van der Waals surface area contributed by atoms with Crippen molar-refractivity contribution in [2.24, 2.45) is 57.4 Å². The minimum Gasteiger partial charge on any atom is -0.462 e. The van der Waals surface area contributed by atoms with Gasteiger partial charge in [0.15, 0.2) is 0 Å². The Hall–Kier alpha value is -1.22. The zero-order chi connectivity index (χ0) is 26.6. The quantitative estimate of drug-likeness (QED) is 0.0906. The predicted molar refractivity (Wildman–Crippen MR) is 151 cm³/mol. The molecule has 0 amide bonds. The van der Waals surface area contributed by atoms with Crippen molar-refractivity contribution < 1.29 is 9.53 Å². The summed E-state index contributed by atoms with van der Waals surface area (Å²) in [5.41, 5.74) is 9.38. The van der Waals surface area contributed by atoms with Crippen molar-refractivity contribution in [1.29, 1.82) is 0 Å². The van der Waals surface area contributed by atoms with E-state index in [4.69, 9.17) is 10.3 Å². The Bertz CT molecular complexity index is 823. The molecule has 37 heavy (non-hydrogen) atoms. The van der Waals surface area contributed by atoms with Crippen LogP contribution in [0.2, 0.25) is 0 Å². The highest BCUT2D eigenvalue weighted by Crippen LogP contribution is 2.68. The second kappa shape index (κ2) is 12.3. The lowest BCUT2D eigenvalue weighted by atomic mass is 9.44. The van der Waals surface area contributed by atoms with Gasteiger partial charge in [-0.05, 0) is 128 Å². The van der Waals surface area contributed by atoms with Gasteiger partial charge in [-0.2, -0.15) is 0 Å². The predicted octanol–water partition coefficient (Wildman–Crippen LogP) is 9.50. The van der Waals surface area contributed by atoms with Gasteiger partial charge in [0.25, 0.3) is 0 Å². The molecule has 9 atom stereocenters. The van der Waals surface area contributed by atoms with E-state index in [0.29, 0.717) is 29.7 Å². The van der Waals surface area contributed by atoms with Gasteiger partial charge in [0.1, 0.15) is 6.10 Å². The van der Waals surface area contributed by atoms with Gasteiger partial charge < -0.3 is 4.74 Å². The summed E-state index contributed by atoms with van der Waals surface area (Å²) in [6.07, 6.45) is 18.1. The Labute approximate surface area is 226 Å². The molecule has 5 heteroatoms. The number of hydrogen-bond donors (Lipinski definition) is 0. The number of ether oxygens (including phenoxy) is 1. The highest BCUT2D eigenvalue weighted by molar-refractivity contribution is 5.69. The molecule has 4 fully saturated rings. The van der Waals surface area contributed by atoms with Gasteiger partial charge in [-0.3, -0.25) is 4.79 Å². The average molecular weight is 514 g/mol. The van der Waals surface area contributed by atoms with Gasteiger partial charge in [-0.25, -0.2) is 0 Å². The molecule has 4 aliphatic carbocycles. The number of esters is 1. The summed E-state index contributed by atoms with van der Waals surface area (Å²) in [6, 6.07) is 0. The second-order valence-corrected chi connectivity index (χ2v) is 14.5. The maximum atomic E-state index is 12.4. The van der Waals surface area contributed by atoms with E-state index in [1.165, 1.54) is 64.2 Å². The number of carbonyl (C=O) groups is 1. The molecule has 0 bridgehead atoms. The normalized spacial score (nSPS) is 39.7. The number of rotatable bonds is 11. The number of nitrogens with zero attached hydrogens (tertiary/aromatic N) is 3. The van der Waals surface area contributed by atoms with Crippen LogP contribution in [-0.2, 0) is 9.53 Å². The van der Waals surface area contributed by atoms with Crippen LogP contribution >= 0.6 is 0 Å². The Morgan fingerprint density at radius 2 is 1.70 bits per heavy atom. The monoisotopic (exact) mass is 513 g/mol. The van der Waals surface area contributed by atoms with Crippen molar-refractivity contribution in [3.05, 3.63) is 10.4 Å². The van der Waals surface area contributed by atoms with Gasteiger partial charge in [0.05, 0.1) is 0 Å². The maximum absolute atomic E-state index is 12.4. The molecule has 4 aliphatic rings. The lowest BCUT2D eigenvalue weighted by Crippen LogP contribution is -2.54. The van der Waals surface area contributed by atoms with E-state index in [9.17, 15) is 4.79 Å². The summed E-state index contributed by atoms with van der Waals surface area (Å²) in [7, 11) is 0. The molecule has 5 nitrogen and oxygen atoms in total. The molecule has 0 aromatic heterocycles. The minimum absolute atomic E-state index is 0.0591. The fourth-order valence-electron chi connectivity index (χ4n) is 10.1. The van der Waals surface area contributed by atoms with Crippen molar-refractivity contribution >= 4 is 5.97 Å². The van der Waals surface area contributed by atoms with Crippen molar-refractivity contribution in [2.45, 2.75) is 137 Å². The fraction of sp³-hybridized carbons (Fsp3) is 0.969. The SMILES string of the molecule is CC(C)CCCC(C)C1CCC2C3CCC4CC(OC(=O)CCCCN=[N+]=[N-])CCC4(C)C3CCC12C. The summed E-state index contributed by atoms with van der Waals surface area (Å²) in [5, 5.41) is 3.55. The van der Waals surface area contributed by atoms with Gasteiger partial charge in [0.2, 0.25) is 0 Å². The fourth-order valence-corrected chi connectivity index (χ4v) is 10.1. The molecule has 0 aromatic rings. The molecule has 4 saturated carbocycles. The first-order chi connectivity index (χ1) is 17.7. The Balaban J connectivity index is 1.32. The van der Waals surface area contributed by atoms with Gasteiger partial charge in [-0.15, -0.1) is 0 Å². The van der Waals surface area contributed by atoms with Crippen LogP contribution in [0.25, 0.3) is 10.4 Å². The largest absolute Gasteiger partial charge is 0.462 e.